The number of amides is 1. The van der Waals surface area contributed by atoms with Crippen LogP contribution in [0.4, 0.5) is 14.5 Å². The summed E-state index contributed by atoms with van der Waals surface area (Å²) < 4.78 is 35.7. The van der Waals surface area contributed by atoms with Gasteiger partial charge in [0.05, 0.1) is 0 Å². The van der Waals surface area contributed by atoms with E-state index in [-0.39, 0.29) is 17.2 Å². The first-order chi connectivity index (χ1) is 13.3. The molecule has 142 valence electrons. The minimum absolute atomic E-state index is 0.0550. The number of hydrogen-bond donors (Lipinski definition) is 1. The van der Waals surface area contributed by atoms with Gasteiger partial charge in [-0.05, 0) is 36.8 Å². The van der Waals surface area contributed by atoms with Crippen LogP contribution in [0.3, 0.4) is 0 Å². The van der Waals surface area contributed by atoms with Crippen molar-refractivity contribution < 1.29 is 23.0 Å². The molecule has 0 unspecified atom stereocenters. The lowest BCUT2D eigenvalue weighted by molar-refractivity contribution is -0.286. The first-order valence-electron chi connectivity index (χ1n) is 8.25. The summed E-state index contributed by atoms with van der Waals surface area (Å²) in [6.07, 6.45) is -2.30. The molecule has 0 fully saturated rings. The number of halogens is 3. The molecule has 8 heteroatoms. The Morgan fingerprint density at radius 2 is 1.96 bits per heavy atom. The number of benzene rings is 2. The van der Waals surface area contributed by atoms with Gasteiger partial charge in [-0.1, -0.05) is 35.9 Å². The molecule has 0 radical (unpaired) electrons. The first kappa shape index (κ1) is 18.2. The van der Waals surface area contributed by atoms with Crippen LogP contribution in [0.2, 0.25) is 5.02 Å². The van der Waals surface area contributed by atoms with Gasteiger partial charge in [0.2, 0.25) is 0 Å². The van der Waals surface area contributed by atoms with Crippen LogP contribution in [0, 0.1) is 6.92 Å². The molecule has 1 aromatic heterocycles. The number of alkyl halides is 2. The highest BCUT2D eigenvalue weighted by Crippen LogP contribution is 2.46. The maximum atomic E-state index is 13.3. The minimum Gasteiger partial charge on any atom is -0.395 e. The van der Waals surface area contributed by atoms with Crippen molar-refractivity contribution in [2.45, 2.75) is 13.2 Å². The number of para-hydroxylation sites is 1. The molecular weight excluding hydrogens is 390 g/mol. The third-order valence-corrected chi connectivity index (χ3v) is 4.57. The summed E-state index contributed by atoms with van der Waals surface area (Å²) in [4.78, 5) is 16.5. The molecule has 2 heterocycles. The number of carbonyl (C=O) groups is 1. The number of rotatable bonds is 3. The highest BCUT2D eigenvalue weighted by molar-refractivity contribution is 6.31. The fourth-order valence-electron chi connectivity index (χ4n) is 2.75. The largest absolute Gasteiger partial charge is 0.586 e. The van der Waals surface area contributed by atoms with E-state index in [0.717, 1.165) is 5.56 Å². The van der Waals surface area contributed by atoms with Gasteiger partial charge in [-0.15, -0.1) is 8.78 Å². The van der Waals surface area contributed by atoms with Gasteiger partial charge in [0, 0.05) is 28.0 Å². The molecule has 1 aliphatic heterocycles. The fourth-order valence-corrected chi connectivity index (χ4v) is 2.93. The summed E-state index contributed by atoms with van der Waals surface area (Å²) in [5, 5.41) is 3.25. The number of aromatic nitrogens is 1. The van der Waals surface area contributed by atoms with Crippen molar-refractivity contribution in [2.75, 3.05) is 5.32 Å². The molecule has 28 heavy (non-hydrogen) atoms. The predicted octanol–water partition coefficient (Wildman–Crippen LogP) is 5.28. The summed E-state index contributed by atoms with van der Waals surface area (Å²) in [5.74, 6) is -0.544. The van der Waals surface area contributed by atoms with Crippen LogP contribution in [-0.2, 0) is 0 Å². The van der Waals surface area contributed by atoms with Gasteiger partial charge in [0.1, 0.15) is 5.69 Å². The van der Waals surface area contributed by atoms with E-state index in [0.29, 0.717) is 21.8 Å². The van der Waals surface area contributed by atoms with Crippen molar-refractivity contribution in [1.29, 1.82) is 0 Å². The Labute approximate surface area is 163 Å². The molecule has 1 amide bonds. The molecule has 1 aliphatic rings. The standard InChI is InChI=1S/C20H13ClF2N2O3/c1-11-5-7-13(9-15(11)21)25-19(26)16-8-6-12(10-24-16)14-3-2-4-17-18(14)28-20(22,23)27-17/h2-10H,1H3,(H,25,26). The van der Waals surface area contributed by atoms with E-state index < -0.39 is 12.2 Å². The fraction of sp³-hybridized carbons (Fsp3) is 0.100. The van der Waals surface area contributed by atoms with Crippen LogP contribution in [0.1, 0.15) is 16.1 Å². The van der Waals surface area contributed by atoms with Crippen molar-refractivity contribution in [1.82, 2.24) is 4.98 Å². The summed E-state index contributed by atoms with van der Waals surface area (Å²) in [6.45, 7) is 1.86. The van der Waals surface area contributed by atoms with Crippen LogP contribution in [0.25, 0.3) is 11.1 Å². The molecule has 5 nitrogen and oxygen atoms in total. The van der Waals surface area contributed by atoms with Crippen LogP contribution < -0.4 is 14.8 Å². The second kappa shape index (κ2) is 6.76. The Kier molecular flexibility index (Phi) is 4.39. The lowest BCUT2D eigenvalue weighted by Crippen LogP contribution is -2.26. The van der Waals surface area contributed by atoms with Crippen molar-refractivity contribution in [2.24, 2.45) is 0 Å². The van der Waals surface area contributed by atoms with Gasteiger partial charge in [0.25, 0.3) is 5.91 Å². The maximum absolute atomic E-state index is 13.3. The number of carbonyl (C=O) groups excluding carboxylic acids is 1. The van der Waals surface area contributed by atoms with Crippen LogP contribution in [-0.4, -0.2) is 17.2 Å². The van der Waals surface area contributed by atoms with E-state index in [9.17, 15) is 13.6 Å². The van der Waals surface area contributed by atoms with Crippen molar-refractivity contribution >= 4 is 23.2 Å². The molecular formula is C20H13ClF2N2O3. The molecule has 0 saturated heterocycles. The third-order valence-electron chi connectivity index (χ3n) is 4.17. The van der Waals surface area contributed by atoms with Crippen molar-refractivity contribution in [3.05, 3.63) is 71.0 Å². The number of ether oxygens (including phenoxy) is 2. The van der Waals surface area contributed by atoms with E-state index >= 15 is 0 Å². The molecule has 2 aromatic carbocycles. The molecule has 0 atom stereocenters. The van der Waals surface area contributed by atoms with Gasteiger partial charge in [-0.25, -0.2) is 0 Å². The lowest BCUT2D eigenvalue weighted by Gasteiger charge is -2.09. The second-order valence-corrected chi connectivity index (χ2v) is 6.56. The summed E-state index contributed by atoms with van der Waals surface area (Å²) >= 11 is 6.06. The van der Waals surface area contributed by atoms with Gasteiger partial charge >= 0.3 is 6.29 Å². The zero-order chi connectivity index (χ0) is 19.9. The number of hydrogen-bond acceptors (Lipinski definition) is 4. The van der Waals surface area contributed by atoms with E-state index in [1.165, 1.54) is 18.3 Å². The number of nitrogens with one attached hydrogen (secondary N) is 1. The molecule has 0 bridgehead atoms. The van der Waals surface area contributed by atoms with Gasteiger partial charge in [0.15, 0.2) is 11.5 Å². The SMILES string of the molecule is Cc1ccc(NC(=O)c2ccc(-c3cccc4c3OC(F)(F)O4)cn2)cc1Cl. The van der Waals surface area contributed by atoms with Crippen LogP contribution >= 0.6 is 11.6 Å². The second-order valence-electron chi connectivity index (χ2n) is 6.15. The number of pyridine rings is 1. The van der Waals surface area contributed by atoms with Crippen molar-refractivity contribution in [3.63, 3.8) is 0 Å². The number of fused-ring (bicyclic) bond motifs is 1. The Balaban J connectivity index is 1.56. The summed E-state index contributed by atoms with van der Waals surface area (Å²) in [5.41, 5.74) is 2.50. The Bertz CT molecular complexity index is 1070. The predicted molar refractivity (Wildman–Crippen MR) is 100 cm³/mol. The molecule has 0 aliphatic carbocycles. The van der Waals surface area contributed by atoms with E-state index in [2.05, 4.69) is 19.8 Å². The quantitative estimate of drug-likeness (QED) is 0.647. The number of anilines is 1. The first-order valence-corrected chi connectivity index (χ1v) is 8.63. The lowest BCUT2D eigenvalue weighted by atomic mass is 10.1. The zero-order valence-electron chi connectivity index (χ0n) is 14.5. The van der Waals surface area contributed by atoms with Crippen LogP contribution in [0.15, 0.2) is 54.7 Å². The van der Waals surface area contributed by atoms with Gasteiger partial charge < -0.3 is 14.8 Å². The highest BCUT2D eigenvalue weighted by atomic mass is 35.5. The molecule has 4 rings (SSSR count). The van der Waals surface area contributed by atoms with E-state index in [4.69, 9.17) is 11.6 Å². The summed E-state index contributed by atoms with van der Waals surface area (Å²) in [7, 11) is 0. The number of aryl methyl sites for hydroxylation is 1. The maximum Gasteiger partial charge on any atom is 0.586 e. The molecule has 3 aromatic rings. The van der Waals surface area contributed by atoms with Gasteiger partial charge in [-0.3, -0.25) is 9.78 Å². The zero-order valence-corrected chi connectivity index (χ0v) is 15.3. The Morgan fingerprint density at radius 3 is 2.68 bits per heavy atom. The van der Waals surface area contributed by atoms with Gasteiger partial charge in [-0.2, -0.15) is 0 Å². The van der Waals surface area contributed by atoms with Crippen LogP contribution in [0.5, 0.6) is 11.5 Å². The Morgan fingerprint density at radius 1 is 1.14 bits per heavy atom. The van der Waals surface area contributed by atoms with E-state index in [1.807, 2.05) is 6.92 Å². The smallest absolute Gasteiger partial charge is 0.395 e. The molecule has 0 saturated carbocycles. The molecule has 1 N–H and O–H groups in total. The van der Waals surface area contributed by atoms with E-state index in [1.54, 1.807) is 36.4 Å². The van der Waals surface area contributed by atoms with Crippen molar-refractivity contribution in [3.8, 4) is 22.6 Å². The monoisotopic (exact) mass is 402 g/mol. The third kappa shape index (κ3) is 3.48. The summed E-state index contributed by atoms with van der Waals surface area (Å²) in [6, 6.07) is 12.8. The normalized spacial score (nSPS) is 14.0. The number of nitrogens with zero attached hydrogens (tertiary/aromatic N) is 1. The minimum atomic E-state index is -3.71. The average Bonchev–Trinajstić information content (AvgIpc) is 2.98. The highest BCUT2D eigenvalue weighted by Gasteiger charge is 2.44. The topological polar surface area (TPSA) is 60.5 Å². The Hall–Kier alpha value is -3.19. The molecule has 0 spiro atoms. The average molecular weight is 403 g/mol.